The van der Waals surface area contributed by atoms with Gasteiger partial charge in [0.1, 0.15) is 6.61 Å². The molecule has 0 heterocycles. The smallest absolute Gasteiger partial charge is 0.314 e. The fourth-order valence-corrected chi connectivity index (χ4v) is 2.47. The Kier molecular flexibility index (Phi) is 6.61. The average Bonchev–Trinajstić information content (AvgIpc) is 2.49. The third-order valence-electron chi connectivity index (χ3n) is 3.76. The van der Waals surface area contributed by atoms with E-state index in [1.807, 2.05) is 25.1 Å². The lowest BCUT2D eigenvalue weighted by Crippen LogP contribution is -2.34. The summed E-state index contributed by atoms with van der Waals surface area (Å²) >= 11 is 0. The van der Waals surface area contributed by atoms with Crippen LogP contribution in [-0.4, -0.2) is 31.4 Å². The molecule has 0 aliphatic carbocycles. The molecule has 1 unspecified atom stereocenters. The molecule has 0 fully saturated rings. The molecular formula is C18H24O4. The van der Waals surface area contributed by atoms with E-state index < -0.39 is 11.5 Å². The van der Waals surface area contributed by atoms with E-state index >= 15 is 0 Å². The van der Waals surface area contributed by atoms with Crippen molar-refractivity contribution in [1.82, 2.24) is 0 Å². The van der Waals surface area contributed by atoms with Gasteiger partial charge in [-0.15, -0.1) is 6.42 Å². The highest BCUT2D eigenvalue weighted by Crippen LogP contribution is 2.38. The first-order valence-corrected chi connectivity index (χ1v) is 7.22. The zero-order valence-electron chi connectivity index (χ0n) is 13.7. The molecular weight excluding hydrogens is 280 g/mol. The van der Waals surface area contributed by atoms with E-state index in [0.29, 0.717) is 6.42 Å². The predicted molar refractivity (Wildman–Crippen MR) is 85.3 cm³/mol. The molecule has 1 aromatic rings. The number of hydrogen-bond donors (Lipinski definition) is 1. The van der Waals surface area contributed by atoms with Gasteiger partial charge in [-0.2, -0.15) is 0 Å². The fourth-order valence-electron chi connectivity index (χ4n) is 2.47. The van der Waals surface area contributed by atoms with Crippen molar-refractivity contribution in [2.75, 3.05) is 20.3 Å². The van der Waals surface area contributed by atoms with Crippen LogP contribution in [0.1, 0.15) is 36.6 Å². The first-order chi connectivity index (χ1) is 10.4. The van der Waals surface area contributed by atoms with Crippen molar-refractivity contribution in [3.05, 3.63) is 34.9 Å². The van der Waals surface area contributed by atoms with Gasteiger partial charge >= 0.3 is 5.97 Å². The Morgan fingerprint density at radius 3 is 2.68 bits per heavy atom. The number of hydrogen-bond acceptors (Lipinski definition) is 4. The third kappa shape index (κ3) is 4.09. The van der Waals surface area contributed by atoms with Crippen molar-refractivity contribution in [3.63, 3.8) is 0 Å². The Morgan fingerprint density at radius 2 is 2.14 bits per heavy atom. The van der Waals surface area contributed by atoms with E-state index in [1.165, 1.54) is 7.11 Å². The Balaban J connectivity index is 3.25. The molecule has 1 rings (SSSR count). The largest absolute Gasteiger partial charge is 0.469 e. The molecule has 1 aromatic carbocycles. The summed E-state index contributed by atoms with van der Waals surface area (Å²) in [6.07, 6.45) is 5.32. The lowest BCUT2D eigenvalue weighted by Gasteiger charge is -2.32. The van der Waals surface area contributed by atoms with Gasteiger partial charge < -0.3 is 14.6 Å². The molecule has 1 N–H and O–H groups in total. The van der Waals surface area contributed by atoms with Gasteiger partial charge in [-0.25, -0.2) is 0 Å². The topological polar surface area (TPSA) is 55.8 Å². The molecule has 0 spiro atoms. The zero-order chi connectivity index (χ0) is 16.8. The van der Waals surface area contributed by atoms with Gasteiger partial charge in [-0.1, -0.05) is 24.1 Å². The number of aliphatic hydroxyl groups is 1. The van der Waals surface area contributed by atoms with Crippen molar-refractivity contribution in [1.29, 1.82) is 0 Å². The first kappa shape index (κ1) is 18.2. The second-order valence-electron chi connectivity index (χ2n) is 5.77. The zero-order valence-corrected chi connectivity index (χ0v) is 13.7. The minimum Gasteiger partial charge on any atom is -0.469 e. The van der Waals surface area contributed by atoms with Crippen molar-refractivity contribution in [3.8, 4) is 12.3 Å². The fraction of sp³-hybridized carbons (Fsp3) is 0.500. The monoisotopic (exact) mass is 304 g/mol. The maximum absolute atomic E-state index is 12.1. The van der Waals surface area contributed by atoms with E-state index in [-0.39, 0.29) is 19.2 Å². The highest BCUT2D eigenvalue weighted by Gasteiger charge is 2.40. The average molecular weight is 304 g/mol. The van der Waals surface area contributed by atoms with Gasteiger partial charge in [0.2, 0.25) is 0 Å². The number of ether oxygens (including phenoxy) is 2. The van der Waals surface area contributed by atoms with E-state index in [2.05, 4.69) is 5.92 Å². The SMILES string of the molecule is C#CCOC(c1ccc(C)c(CCO)c1)C(C)(C)C(=O)OC. The summed E-state index contributed by atoms with van der Waals surface area (Å²) < 4.78 is 10.6. The van der Waals surface area contributed by atoms with Crippen LogP contribution < -0.4 is 0 Å². The summed E-state index contributed by atoms with van der Waals surface area (Å²) in [5.41, 5.74) is 2.08. The maximum atomic E-state index is 12.1. The van der Waals surface area contributed by atoms with Gasteiger partial charge in [0.15, 0.2) is 0 Å². The summed E-state index contributed by atoms with van der Waals surface area (Å²) in [6.45, 7) is 5.70. The number of rotatable bonds is 7. The molecule has 120 valence electrons. The number of terminal acetylenes is 1. The molecule has 0 aliphatic rings. The van der Waals surface area contributed by atoms with Crippen LogP contribution in [0.2, 0.25) is 0 Å². The number of esters is 1. The molecule has 22 heavy (non-hydrogen) atoms. The number of carbonyl (C=O) groups is 1. The molecule has 0 bridgehead atoms. The van der Waals surface area contributed by atoms with E-state index in [0.717, 1.165) is 16.7 Å². The van der Waals surface area contributed by atoms with Crippen molar-refractivity contribution in [2.45, 2.75) is 33.3 Å². The summed E-state index contributed by atoms with van der Waals surface area (Å²) in [7, 11) is 1.36. The standard InChI is InChI=1S/C18H24O4/c1-6-11-22-16(18(3,4)17(20)21-5)15-8-7-13(2)14(12-15)9-10-19/h1,7-8,12,16,19H,9-11H2,2-5H3. The minimum absolute atomic E-state index is 0.0700. The molecule has 0 saturated heterocycles. The Bertz CT molecular complexity index is 555. The molecule has 0 aliphatic heterocycles. The summed E-state index contributed by atoms with van der Waals surface area (Å²) in [4.78, 5) is 12.1. The van der Waals surface area contributed by atoms with Crippen molar-refractivity contribution in [2.24, 2.45) is 5.41 Å². The minimum atomic E-state index is -0.878. The molecule has 4 nitrogen and oxygen atoms in total. The van der Waals surface area contributed by atoms with E-state index in [4.69, 9.17) is 21.0 Å². The quantitative estimate of drug-likeness (QED) is 0.621. The molecule has 1 atom stereocenters. The van der Waals surface area contributed by atoms with Gasteiger partial charge in [0.25, 0.3) is 0 Å². The lowest BCUT2D eigenvalue weighted by atomic mass is 9.81. The maximum Gasteiger partial charge on any atom is 0.314 e. The Morgan fingerprint density at radius 1 is 1.45 bits per heavy atom. The second kappa shape index (κ2) is 7.98. The van der Waals surface area contributed by atoms with Crippen LogP contribution in [0, 0.1) is 24.7 Å². The number of carbonyl (C=O) groups excluding carboxylic acids is 1. The number of aryl methyl sites for hydroxylation is 1. The third-order valence-corrected chi connectivity index (χ3v) is 3.76. The van der Waals surface area contributed by atoms with Crippen LogP contribution >= 0.6 is 0 Å². The molecule has 0 amide bonds. The van der Waals surface area contributed by atoms with Crippen LogP contribution in [0.15, 0.2) is 18.2 Å². The molecule has 0 radical (unpaired) electrons. The normalized spacial score (nSPS) is 12.5. The van der Waals surface area contributed by atoms with Crippen LogP contribution in [-0.2, 0) is 20.7 Å². The highest BCUT2D eigenvalue weighted by atomic mass is 16.5. The van der Waals surface area contributed by atoms with Crippen LogP contribution in [0.5, 0.6) is 0 Å². The second-order valence-corrected chi connectivity index (χ2v) is 5.77. The summed E-state index contributed by atoms with van der Waals surface area (Å²) in [6, 6.07) is 5.83. The molecule has 4 heteroatoms. The van der Waals surface area contributed by atoms with Crippen LogP contribution in [0.3, 0.4) is 0 Å². The highest BCUT2D eigenvalue weighted by molar-refractivity contribution is 5.77. The van der Waals surface area contributed by atoms with Gasteiger partial charge in [0, 0.05) is 6.61 Å². The van der Waals surface area contributed by atoms with Gasteiger partial charge in [-0.05, 0) is 43.9 Å². The van der Waals surface area contributed by atoms with Crippen molar-refractivity contribution < 1.29 is 19.4 Å². The number of aliphatic hydroxyl groups excluding tert-OH is 1. The predicted octanol–water partition coefficient (Wildman–Crippen LogP) is 2.42. The summed E-state index contributed by atoms with van der Waals surface area (Å²) in [5.74, 6) is 2.07. The van der Waals surface area contributed by atoms with Crippen LogP contribution in [0.25, 0.3) is 0 Å². The number of methoxy groups -OCH3 is 1. The number of benzene rings is 1. The Hall–Kier alpha value is -1.83. The first-order valence-electron chi connectivity index (χ1n) is 7.22. The van der Waals surface area contributed by atoms with Gasteiger partial charge in [0.05, 0.1) is 18.6 Å². The summed E-state index contributed by atoms with van der Waals surface area (Å²) in [5, 5.41) is 9.17. The van der Waals surface area contributed by atoms with E-state index in [1.54, 1.807) is 13.8 Å². The molecule has 0 aromatic heterocycles. The van der Waals surface area contributed by atoms with Crippen molar-refractivity contribution >= 4 is 5.97 Å². The molecule has 0 saturated carbocycles. The lowest BCUT2D eigenvalue weighted by molar-refractivity contribution is -0.160. The van der Waals surface area contributed by atoms with Crippen LogP contribution in [0.4, 0.5) is 0 Å². The van der Waals surface area contributed by atoms with Gasteiger partial charge in [-0.3, -0.25) is 4.79 Å². The van der Waals surface area contributed by atoms with E-state index in [9.17, 15) is 4.79 Å². The Labute approximate surface area is 132 Å².